The molecule has 24 heavy (non-hydrogen) atoms. The minimum atomic E-state index is 0.118. The normalized spacial score (nSPS) is 14.9. The van der Waals surface area contributed by atoms with Crippen LogP contribution in [0.15, 0.2) is 42.6 Å². The van der Waals surface area contributed by atoms with Gasteiger partial charge in [0, 0.05) is 11.6 Å². The molecule has 1 amide bonds. The van der Waals surface area contributed by atoms with Crippen LogP contribution in [0.1, 0.15) is 32.1 Å². The summed E-state index contributed by atoms with van der Waals surface area (Å²) in [4.78, 5) is 16.6. The first-order valence-corrected chi connectivity index (χ1v) is 8.42. The summed E-state index contributed by atoms with van der Waals surface area (Å²) >= 11 is 0. The van der Waals surface area contributed by atoms with Crippen molar-refractivity contribution >= 4 is 23.1 Å². The summed E-state index contributed by atoms with van der Waals surface area (Å²) in [5, 5.41) is 6.19. The van der Waals surface area contributed by atoms with Gasteiger partial charge in [0.25, 0.3) is 0 Å². The zero-order valence-electron chi connectivity index (χ0n) is 13.9. The van der Waals surface area contributed by atoms with Crippen LogP contribution in [0.2, 0.25) is 0 Å². The number of methoxy groups -OCH3 is 1. The highest BCUT2D eigenvalue weighted by Crippen LogP contribution is 2.25. The van der Waals surface area contributed by atoms with Crippen LogP contribution in [0.4, 0.5) is 17.2 Å². The van der Waals surface area contributed by atoms with Gasteiger partial charge in [0.1, 0.15) is 11.6 Å². The van der Waals surface area contributed by atoms with E-state index in [4.69, 9.17) is 4.74 Å². The van der Waals surface area contributed by atoms with Gasteiger partial charge in [-0.15, -0.1) is 0 Å². The zero-order valence-corrected chi connectivity index (χ0v) is 13.9. The molecule has 0 unspecified atom stereocenters. The molecule has 0 bridgehead atoms. The van der Waals surface area contributed by atoms with Crippen molar-refractivity contribution in [3.05, 3.63) is 42.6 Å². The van der Waals surface area contributed by atoms with Gasteiger partial charge >= 0.3 is 0 Å². The second kappa shape index (κ2) is 7.81. The highest BCUT2D eigenvalue weighted by atomic mass is 16.5. The fourth-order valence-corrected chi connectivity index (χ4v) is 2.97. The summed E-state index contributed by atoms with van der Waals surface area (Å²) < 4.78 is 5.14. The van der Waals surface area contributed by atoms with E-state index in [1.165, 1.54) is 6.42 Å². The molecule has 1 aliphatic rings. The number of carbonyl (C=O) groups excluding carboxylic acids is 1. The number of carbonyl (C=O) groups is 1. The van der Waals surface area contributed by atoms with Crippen molar-refractivity contribution in [3.63, 3.8) is 0 Å². The Bertz CT molecular complexity index is 662. The van der Waals surface area contributed by atoms with Crippen LogP contribution in [-0.2, 0) is 4.79 Å². The lowest BCUT2D eigenvalue weighted by Crippen LogP contribution is -2.24. The second-order valence-electron chi connectivity index (χ2n) is 6.11. The van der Waals surface area contributed by atoms with Gasteiger partial charge in [0.05, 0.1) is 19.0 Å². The van der Waals surface area contributed by atoms with Crippen molar-refractivity contribution in [1.82, 2.24) is 4.98 Å². The lowest BCUT2D eigenvalue weighted by molar-refractivity contribution is -0.120. The van der Waals surface area contributed by atoms with Gasteiger partial charge in [-0.25, -0.2) is 4.98 Å². The minimum Gasteiger partial charge on any atom is -0.497 e. The van der Waals surface area contributed by atoms with Crippen molar-refractivity contribution in [2.75, 3.05) is 17.7 Å². The van der Waals surface area contributed by atoms with Crippen LogP contribution in [0.3, 0.4) is 0 Å². The third kappa shape index (κ3) is 4.25. The number of nitrogens with zero attached hydrogens (tertiary/aromatic N) is 1. The van der Waals surface area contributed by atoms with E-state index in [9.17, 15) is 4.79 Å². The average molecular weight is 325 g/mol. The molecule has 1 fully saturated rings. The number of hydrogen-bond acceptors (Lipinski definition) is 4. The number of amides is 1. The fourth-order valence-electron chi connectivity index (χ4n) is 2.97. The van der Waals surface area contributed by atoms with E-state index in [0.29, 0.717) is 0 Å². The molecule has 126 valence electrons. The Morgan fingerprint density at radius 2 is 1.75 bits per heavy atom. The number of aromatic nitrogens is 1. The van der Waals surface area contributed by atoms with E-state index in [1.54, 1.807) is 13.3 Å². The summed E-state index contributed by atoms with van der Waals surface area (Å²) in [6, 6.07) is 11.4. The van der Waals surface area contributed by atoms with Crippen LogP contribution < -0.4 is 15.4 Å². The molecule has 1 saturated carbocycles. The number of rotatable bonds is 5. The molecule has 0 radical (unpaired) electrons. The molecule has 3 rings (SSSR count). The number of nitrogens with one attached hydrogen (secondary N) is 2. The minimum absolute atomic E-state index is 0.118. The molecule has 1 aromatic heterocycles. The molecule has 2 N–H and O–H groups in total. The molecule has 0 spiro atoms. The maximum absolute atomic E-state index is 12.2. The second-order valence-corrected chi connectivity index (χ2v) is 6.11. The predicted molar refractivity (Wildman–Crippen MR) is 95.7 cm³/mol. The summed E-state index contributed by atoms with van der Waals surface area (Å²) in [5.74, 6) is 1.81. The highest BCUT2D eigenvalue weighted by molar-refractivity contribution is 5.92. The quantitative estimate of drug-likeness (QED) is 0.857. The van der Waals surface area contributed by atoms with E-state index < -0.39 is 0 Å². The molecule has 1 heterocycles. The van der Waals surface area contributed by atoms with Gasteiger partial charge < -0.3 is 15.4 Å². The highest BCUT2D eigenvalue weighted by Gasteiger charge is 2.20. The van der Waals surface area contributed by atoms with Crippen molar-refractivity contribution in [2.24, 2.45) is 5.92 Å². The van der Waals surface area contributed by atoms with Crippen molar-refractivity contribution in [1.29, 1.82) is 0 Å². The van der Waals surface area contributed by atoms with E-state index in [0.717, 1.165) is 48.6 Å². The molecule has 1 aromatic carbocycles. The van der Waals surface area contributed by atoms with Crippen LogP contribution in [0, 0.1) is 5.92 Å². The van der Waals surface area contributed by atoms with Crippen LogP contribution in [0.5, 0.6) is 5.75 Å². The molecular formula is C19H23N3O2. The Kier molecular flexibility index (Phi) is 5.31. The SMILES string of the molecule is COc1ccc(Nc2ccc(NC(=O)C3CCCCC3)cn2)cc1. The maximum Gasteiger partial charge on any atom is 0.227 e. The van der Waals surface area contributed by atoms with Gasteiger partial charge in [0.15, 0.2) is 0 Å². The maximum atomic E-state index is 12.2. The van der Waals surface area contributed by atoms with E-state index in [-0.39, 0.29) is 11.8 Å². The monoisotopic (exact) mass is 325 g/mol. The predicted octanol–water partition coefficient (Wildman–Crippen LogP) is 4.35. The van der Waals surface area contributed by atoms with Gasteiger partial charge in [-0.1, -0.05) is 19.3 Å². The first-order valence-electron chi connectivity index (χ1n) is 8.42. The summed E-state index contributed by atoms with van der Waals surface area (Å²) in [6.07, 6.45) is 7.23. The molecule has 1 aliphatic carbocycles. The first kappa shape index (κ1) is 16.3. The molecule has 5 heteroatoms. The largest absolute Gasteiger partial charge is 0.497 e. The number of hydrogen-bond donors (Lipinski definition) is 2. The van der Waals surface area contributed by atoms with Gasteiger partial charge in [-0.3, -0.25) is 4.79 Å². The first-order chi connectivity index (χ1) is 11.7. The van der Waals surface area contributed by atoms with Crippen LogP contribution in [0.25, 0.3) is 0 Å². The Balaban J connectivity index is 1.57. The van der Waals surface area contributed by atoms with E-state index in [1.807, 2.05) is 36.4 Å². The van der Waals surface area contributed by atoms with Crippen LogP contribution in [-0.4, -0.2) is 18.0 Å². The van der Waals surface area contributed by atoms with Crippen molar-refractivity contribution in [3.8, 4) is 5.75 Å². The van der Waals surface area contributed by atoms with Crippen molar-refractivity contribution in [2.45, 2.75) is 32.1 Å². The molecule has 0 atom stereocenters. The molecular weight excluding hydrogens is 302 g/mol. The van der Waals surface area contributed by atoms with E-state index >= 15 is 0 Å². The Hall–Kier alpha value is -2.56. The zero-order chi connectivity index (χ0) is 16.8. The lowest BCUT2D eigenvalue weighted by Gasteiger charge is -2.20. The number of benzene rings is 1. The molecule has 0 aliphatic heterocycles. The van der Waals surface area contributed by atoms with Crippen molar-refractivity contribution < 1.29 is 9.53 Å². The lowest BCUT2D eigenvalue weighted by atomic mass is 9.88. The number of pyridine rings is 1. The summed E-state index contributed by atoms with van der Waals surface area (Å²) in [7, 11) is 1.64. The summed E-state index contributed by atoms with van der Waals surface area (Å²) in [5.41, 5.74) is 1.67. The number of anilines is 3. The van der Waals surface area contributed by atoms with E-state index in [2.05, 4.69) is 15.6 Å². The topological polar surface area (TPSA) is 63.2 Å². The van der Waals surface area contributed by atoms with Gasteiger partial charge in [-0.05, 0) is 49.2 Å². The summed E-state index contributed by atoms with van der Waals surface area (Å²) in [6.45, 7) is 0. The van der Waals surface area contributed by atoms with Gasteiger partial charge in [0.2, 0.25) is 5.91 Å². The third-order valence-corrected chi connectivity index (χ3v) is 4.37. The number of ether oxygens (including phenoxy) is 1. The standard InChI is InChI=1S/C19H23N3O2/c1-24-17-10-7-15(8-11-17)21-18-12-9-16(13-20-18)22-19(23)14-5-3-2-4-6-14/h7-14H,2-6H2,1H3,(H,20,21)(H,22,23). The Morgan fingerprint density at radius 3 is 2.38 bits per heavy atom. The molecule has 5 nitrogen and oxygen atoms in total. The average Bonchev–Trinajstić information content (AvgIpc) is 2.65. The Morgan fingerprint density at radius 1 is 1.04 bits per heavy atom. The van der Waals surface area contributed by atoms with Gasteiger partial charge in [-0.2, -0.15) is 0 Å². The fraction of sp³-hybridized carbons (Fsp3) is 0.368. The van der Waals surface area contributed by atoms with Crippen LogP contribution >= 0.6 is 0 Å². The molecule has 2 aromatic rings. The molecule has 0 saturated heterocycles. The third-order valence-electron chi connectivity index (χ3n) is 4.37. The Labute approximate surface area is 142 Å². The smallest absolute Gasteiger partial charge is 0.227 e.